The molecule has 0 aliphatic carbocycles. The molecule has 0 saturated carbocycles. The van der Waals surface area contributed by atoms with E-state index in [-0.39, 0.29) is 5.92 Å². The van der Waals surface area contributed by atoms with Gasteiger partial charge in [0.2, 0.25) is 0 Å². The molecular weight excluding hydrogens is 282 g/mol. The molecule has 0 fully saturated rings. The Kier molecular flexibility index (Phi) is 4.29. The van der Waals surface area contributed by atoms with Crippen LogP contribution in [0.5, 0.6) is 5.75 Å². The molecule has 0 aliphatic heterocycles. The first kappa shape index (κ1) is 14.4. The summed E-state index contributed by atoms with van der Waals surface area (Å²) in [6.45, 7) is 3.56. The van der Waals surface area contributed by atoms with Gasteiger partial charge in [-0.25, -0.2) is 4.79 Å². The Morgan fingerprint density at radius 2 is 2.15 bits per heavy atom. The third-order valence-corrected chi connectivity index (χ3v) is 2.98. The molecule has 5 nitrogen and oxygen atoms in total. The van der Waals surface area contributed by atoms with E-state index in [9.17, 15) is 9.90 Å². The van der Waals surface area contributed by atoms with E-state index in [1.807, 2.05) is 0 Å². The molecule has 106 valence electrons. The lowest BCUT2D eigenvalue weighted by atomic mass is 10.1. The highest BCUT2D eigenvalue weighted by molar-refractivity contribution is 6.30. The van der Waals surface area contributed by atoms with E-state index in [4.69, 9.17) is 20.9 Å². The Morgan fingerprint density at radius 1 is 1.40 bits per heavy atom. The van der Waals surface area contributed by atoms with Crippen molar-refractivity contribution in [2.75, 3.05) is 0 Å². The molecule has 1 aromatic carbocycles. The summed E-state index contributed by atoms with van der Waals surface area (Å²) in [5.41, 5.74) is 0.571. The summed E-state index contributed by atoms with van der Waals surface area (Å²) >= 11 is 5.96. The van der Waals surface area contributed by atoms with E-state index >= 15 is 0 Å². The predicted octanol–water partition coefficient (Wildman–Crippen LogP) is 3.48. The molecule has 0 saturated heterocycles. The molecule has 1 N–H and O–H groups in total. The quantitative estimate of drug-likeness (QED) is 0.914. The predicted molar refractivity (Wildman–Crippen MR) is 73.8 cm³/mol. The number of carboxylic acids is 1. The van der Waals surface area contributed by atoms with Gasteiger partial charge in [-0.05, 0) is 18.2 Å². The zero-order valence-electron chi connectivity index (χ0n) is 11.0. The van der Waals surface area contributed by atoms with Gasteiger partial charge in [0.05, 0.1) is 11.8 Å². The molecular formula is C14H14ClNO4. The molecule has 1 atom stereocenters. The van der Waals surface area contributed by atoms with Gasteiger partial charge in [-0.3, -0.25) is 0 Å². The zero-order valence-corrected chi connectivity index (χ0v) is 11.8. The fourth-order valence-electron chi connectivity index (χ4n) is 1.76. The number of ether oxygens (including phenoxy) is 1. The second-order valence-corrected chi connectivity index (χ2v) is 5.07. The van der Waals surface area contributed by atoms with Crippen molar-refractivity contribution in [1.29, 1.82) is 0 Å². The molecule has 2 aromatic rings. The van der Waals surface area contributed by atoms with E-state index < -0.39 is 12.1 Å². The minimum absolute atomic E-state index is 0.175. The van der Waals surface area contributed by atoms with Crippen molar-refractivity contribution < 1.29 is 19.2 Å². The molecule has 0 amide bonds. The van der Waals surface area contributed by atoms with Crippen molar-refractivity contribution in [2.24, 2.45) is 5.92 Å². The second kappa shape index (κ2) is 5.96. The van der Waals surface area contributed by atoms with Crippen LogP contribution in [0.25, 0.3) is 11.3 Å². The number of carboxylic acid groups (broad SMARTS) is 1. The number of carbonyl (C=O) groups is 1. The summed E-state index contributed by atoms with van der Waals surface area (Å²) < 4.78 is 10.7. The van der Waals surface area contributed by atoms with Crippen molar-refractivity contribution in [2.45, 2.75) is 20.0 Å². The van der Waals surface area contributed by atoms with Crippen LogP contribution < -0.4 is 4.74 Å². The van der Waals surface area contributed by atoms with Crippen LogP contribution >= 0.6 is 11.6 Å². The number of hydrogen-bond acceptors (Lipinski definition) is 4. The van der Waals surface area contributed by atoms with Crippen LogP contribution in [0.3, 0.4) is 0 Å². The first-order valence-electron chi connectivity index (χ1n) is 6.09. The van der Waals surface area contributed by atoms with Gasteiger partial charge in [-0.1, -0.05) is 30.6 Å². The summed E-state index contributed by atoms with van der Waals surface area (Å²) in [6, 6.07) is 6.56. The average Bonchev–Trinajstić information content (AvgIpc) is 2.89. The molecule has 20 heavy (non-hydrogen) atoms. The second-order valence-electron chi connectivity index (χ2n) is 4.64. The Balaban J connectivity index is 2.39. The summed E-state index contributed by atoms with van der Waals surface area (Å²) in [4.78, 5) is 11.2. The van der Waals surface area contributed by atoms with Crippen LogP contribution in [0.4, 0.5) is 0 Å². The van der Waals surface area contributed by atoms with Gasteiger partial charge in [-0.2, -0.15) is 0 Å². The maximum absolute atomic E-state index is 11.2. The minimum atomic E-state index is -1.02. The Morgan fingerprint density at radius 3 is 2.70 bits per heavy atom. The van der Waals surface area contributed by atoms with Crippen molar-refractivity contribution in [3.05, 3.63) is 35.5 Å². The number of nitrogens with zero attached hydrogens (tertiary/aromatic N) is 1. The maximum Gasteiger partial charge on any atom is 0.345 e. The third-order valence-electron chi connectivity index (χ3n) is 2.75. The number of benzene rings is 1. The van der Waals surface area contributed by atoms with E-state index in [1.54, 1.807) is 38.1 Å². The molecule has 0 spiro atoms. The van der Waals surface area contributed by atoms with Crippen LogP contribution in [0.1, 0.15) is 13.8 Å². The summed E-state index contributed by atoms with van der Waals surface area (Å²) in [5.74, 6) is -0.327. The van der Waals surface area contributed by atoms with Crippen LogP contribution in [-0.2, 0) is 4.79 Å². The third kappa shape index (κ3) is 3.11. The van der Waals surface area contributed by atoms with E-state index in [0.29, 0.717) is 22.1 Å². The molecule has 1 heterocycles. The first-order valence-corrected chi connectivity index (χ1v) is 6.47. The Labute approximate surface area is 121 Å². The van der Waals surface area contributed by atoms with Crippen LogP contribution in [0.2, 0.25) is 5.02 Å². The summed E-state index contributed by atoms with van der Waals surface area (Å²) in [7, 11) is 0. The van der Waals surface area contributed by atoms with Gasteiger partial charge in [0.1, 0.15) is 5.75 Å². The molecule has 0 bridgehead atoms. The lowest BCUT2D eigenvalue weighted by Crippen LogP contribution is -2.32. The number of halogens is 1. The van der Waals surface area contributed by atoms with Gasteiger partial charge >= 0.3 is 5.97 Å². The molecule has 1 aromatic heterocycles. The monoisotopic (exact) mass is 295 g/mol. The fourth-order valence-corrected chi connectivity index (χ4v) is 1.93. The lowest BCUT2D eigenvalue weighted by Gasteiger charge is -2.19. The van der Waals surface area contributed by atoms with Crippen molar-refractivity contribution in [3.63, 3.8) is 0 Å². The van der Waals surface area contributed by atoms with Gasteiger partial charge in [0.15, 0.2) is 11.9 Å². The van der Waals surface area contributed by atoms with E-state index in [2.05, 4.69) is 5.16 Å². The van der Waals surface area contributed by atoms with Crippen LogP contribution in [0.15, 0.2) is 35.0 Å². The topological polar surface area (TPSA) is 72.6 Å². The van der Waals surface area contributed by atoms with Crippen LogP contribution in [0, 0.1) is 5.92 Å². The van der Waals surface area contributed by atoms with Crippen LogP contribution in [-0.4, -0.2) is 22.3 Å². The SMILES string of the molecule is CC(C)[C@H](Oc1ccc(Cl)cc1-c1ccno1)C(=O)O. The first-order chi connectivity index (χ1) is 9.49. The standard InChI is InChI=1S/C14H14ClNO4/c1-8(2)13(14(17)18)19-11-4-3-9(15)7-10(11)12-5-6-16-20-12/h3-8,13H,1-2H3,(H,17,18)/t13-/m0/s1. The number of hydrogen-bond donors (Lipinski definition) is 1. The molecule has 2 rings (SSSR count). The summed E-state index contributed by atoms with van der Waals surface area (Å²) in [5, 5.41) is 13.3. The Hall–Kier alpha value is -2.01. The minimum Gasteiger partial charge on any atom is -0.478 e. The molecule has 6 heteroatoms. The smallest absolute Gasteiger partial charge is 0.345 e. The molecule has 0 radical (unpaired) electrons. The molecule has 0 aliphatic rings. The Bertz CT molecular complexity index is 595. The van der Waals surface area contributed by atoms with E-state index in [0.717, 1.165) is 0 Å². The van der Waals surface area contributed by atoms with Crippen molar-refractivity contribution >= 4 is 17.6 Å². The number of aliphatic carboxylic acids is 1. The highest BCUT2D eigenvalue weighted by atomic mass is 35.5. The average molecular weight is 296 g/mol. The molecule has 0 unspecified atom stereocenters. The van der Waals surface area contributed by atoms with Crippen molar-refractivity contribution in [3.8, 4) is 17.1 Å². The van der Waals surface area contributed by atoms with Gasteiger partial charge < -0.3 is 14.4 Å². The largest absolute Gasteiger partial charge is 0.478 e. The fraction of sp³-hybridized carbons (Fsp3) is 0.286. The van der Waals surface area contributed by atoms with Gasteiger partial charge in [0, 0.05) is 17.0 Å². The normalized spacial score (nSPS) is 12.4. The highest BCUT2D eigenvalue weighted by Gasteiger charge is 2.25. The van der Waals surface area contributed by atoms with E-state index in [1.165, 1.54) is 6.20 Å². The van der Waals surface area contributed by atoms with Crippen molar-refractivity contribution in [1.82, 2.24) is 5.16 Å². The lowest BCUT2D eigenvalue weighted by molar-refractivity contribution is -0.147. The van der Waals surface area contributed by atoms with Gasteiger partial charge in [-0.15, -0.1) is 0 Å². The number of aromatic nitrogens is 1. The zero-order chi connectivity index (χ0) is 14.7. The van der Waals surface area contributed by atoms with Gasteiger partial charge in [0.25, 0.3) is 0 Å². The number of rotatable bonds is 5. The highest BCUT2D eigenvalue weighted by Crippen LogP contribution is 2.33. The summed E-state index contributed by atoms with van der Waals surface area (Å²) in [6.07, 6.45) is 0.551. The maximum atomic E-state index is 11.2.